The minimum absolute atomic E-state index is 0.0312. The number of hydrogen-bond acceptors (Lipinski definition) is 8. The molecular formula is C22H24N6O4. The zero-order valence-corrected chi connectivity index (χ0v) is 17.6. The van der Waals surface area contributed by atoms with E-state index in [1.165, 1.54) is 17.3 Å². The molecule has 3 aliphatic rings. The molecule has 1 N–H and O–H groups in total. The van der Waals surface area contributed by atoms with Gasteiger partial charge in [0.2, 0.25) is 11.6 Å². The van der Waals surface area contributed by atoms with Gasteiger partial charge in [0, 0.05) is 49.1 Å². The molecule has 6 rings (SSSR count). The molecule has 2 fully saturated rings. The van der Waals surface area contributed by atoms with E-state index in [1.54, 1.807) is 0 Å². The molecular weight excluding hydrogens is 412 g/mol. The van der Waals surface area contributed by atoms with E-state index in [4.69, 9.17) is 9.47 Å². The van der Waals surface area contributed by atoms with Crippen molar-refractivity contribution < 1.29 is 14.4 Å². The first-order valence-electron chi connectivity index (χ1n) is 11.0. The molecule has 32 heavy (non-hydrogen) atoms. The highest BCUT2D eigenvalue weighted by Gasteiger charge is 2.42. The smallest absolute Gasteiger partial charge is 0.353 e. The summed E-state index contributed by atoms with van der Waals surface area (Å²) in [5.41, 5.74) is 3.43. The van der Waals surface area contributed by atoms with Gasteiger partial charge in [0.1, 0.15) is 6.33 Å². The van der Waals surface area contributed by atoms with Gasteiger partial charge in [-0.1, -0.05) is 18.2 Å². The number of fused-ring (bicyclic) bond motifs is 3. The topological polar surface area (TPSA) is 110 Å². The van der Waals surface area contributed by atoms with Crippen LogP contribution in [0.4, 0.5) is 17.3 Å². The van der Waals surface area contributed by atoms with Gasteiger partial charge in [0.25, 0.3) is 0 Å². The molecule has 10 nitrogen and oxygen atoms in total. The summed E-state index contributed by atoms with van der Waals surface area (Å²) in [6, 6.07) is 8.22. The summed E-state index contributed by atoms with van der Waals surface area (Å²) in [6.07, 6.45) is 3.55. The average Bonchev–Trinajstić information content (AvgIpc) is 3.43. The highest BCUT2D eigenvalue weighted by atomic mass is 16.7. The molecule has 0 unspecified atom stereocenters. The maximum atomic E-state index is 12.2. The van der Waals surface area contributed by atoms with Crippen molar-refractivity contribution in [3.8, 4) is 0 Å². The van der Waals surface area contributed by atoms with Gasteiger partial charge in [-0.25, -0.2) is 9.97 Å². The molecule has 5 heterocycles. The highest BCUT2D eigenvalue weighted by Crippen LogP contribution is 2.40. The summed E-state index contributed by atoms with van der Waals surface area (Å²) in [5, 5.41) is 13.4. The van der Waals surface area contributed by atoms with E-state index in [-0.39, 0.29) is 10.6 Å². The number of nitrogens with one attached hydrogen (secondary N) is 1. The van der Waals surface area contributed by atoms with Crippen molar-refractivity contribution in [2.75, 3.05) is 42.6 Å². The van der Waals surface area contributed by atoms with Gasteiger partial charge in [-0.05, 0) is 18.1 Å². The van der Waals surface area contributed by atoms with Crippen molar-refractivity contribution >= 4 is 28.2 Å². The van der Waals surface area contributed by atoms with Crippen LogP contribution in [0.15, 0.2) is 30.6 Å². The SMILES string of the molecule is O=[N+]([O-])c1c(N2CCC3(CC2)OCCO3)ncnc1N1CCc2c([nH]c3ccccc23)C1. The number of aromatic nitrogens is 3. The molecule has 166 valence electrons. The van der Waals surface area contributed by atoms with Crippen molar-refractivity contribution in [1.29, 1.82) is 0 Å². The number of para-hydroxylation sites is 1. The monoisotopic (exact) mass is 436 g/mol. The van der Waals surface area contributed by atoms with Crippen molar-refractivity contribution in [3.63, 3.8) is 0 Å². The van der Waals surface area contributed by atoms with E-state index in [2.05, 4.69) is 27.1 Å². The zero-order chi connectivity index (χ0) is 21.7. The first-order valence-corrected chi connectivity index (χ1v) is 11.0. The Balaban J connectivity index is 1.31. The summed E-state index contributed by atoms with van der Waals surface area (Å²) < 4.78 is 11.6. The minimum Gasteiger partial charge on any atom is -0.357 e. The Kier molecular flexibility index (Phi) is 4.51. The second-order valence-corrected chi connectivity index (χ2v) is 8.52. The van der Waals surface area contributed by atoms with Crippen LogP contribution < -0.4 is 9.80 Å². The van der Waals surface area contributed by atoms with Crippen LogP contribution in [0, 0.1) is 10.1 Å². The summed E-state index contributed by atoms with van der Waals surface area (Å²) in [7, 11) is 0. The van der Waals surface area contributed by atoms with Gasteiger partial charge in [-0.15, -0.1) is 0 Å². The Labute approximate surface area is 184 Å². The van der Waals surface area contributed by atoms with Crippen LogP contribution in [0.25, 0.3) is 10.9 Å². The molecule has 0 bridgehead atoms. The van der Waals surface area contributed by atoms with Crippen molar-refractivity contribution in [2.24, 2.45) is 0 Å². The molecule has 3 aromatic rings. The second-order valence-electron chi connectivity index (χ2n) is 8.52. The Morgan fingerprint density at radius 1 is 1.03 bits per heavy atom. The van der Waals surface area contributed by atoms with Crippen LogP contribution in [0.1, 0.15) is 24.1 Å². The first-order chi connectivity index (χ1) is 15.6. The molecule has 0 aliphatic carbocycles. The summed E-state index contributed by atoms with van der Waals surface area (Å²) >= 11 is 0. The number of piperidine rings is 1. The number of aromatic amines is 1. The second kappa shape index (κ2) is 7.42. The Morgan fingerprint density at radius 2 is 1.75 bits per heavy atom. The van der Waals surface area contributed by atoms with Gasteiger partial charge < -0.3 is 24.3 Å². The van der Waals surface area contributed by atoms with Gasteiger partial charge in [0.05, 0.1) is 24.7 Å². The third kappa shape index (κ3) is 3.09. The van der Waals surface area contributed by atoms with E-state index < -0.39 is 5.79 Å². The number of hydrogen-bond donors (Lipinski definition) is 1. The lowest BCUT2D eigenvalue weighted by molar-refractivity contribution is -0.383. The third-order valence-corrected chi connectivity index (χ3v) is 6.79. The van der Waals surface area contributed by atoms with Gasteiger partial charge >= 0.3 is 5.69 Å². The normalized spacial score (nSPS) is 20.1. The molecule has 0 amide bonds. The number of H-pyrrole nitrogens is 1. The number of rotatable bonds is 3. The molecule has 0 atom stereocenters. The van der Waals surface area contributed by atoms with Crippen molar-refractivity contribution in [3.05, 3.63) is 52.0 Å². The largest absolute Gasteiger partial charge is 0.357 e. The number of ether oxygens (including phenoxy) is 2. The molecule has 2 aromatic heterocycles. The van der Waals surface area contributed by atoms with E-state index in [1.807, 2.05) is 21.9 Å². The predicted molar refractivity (Wildman–Crippen MR) is 118 cm³/mol. The fourth-order valence-electron chi connectivity index (χ4n) is 5.21. The number of anilines is 2. The Morgan fingerprint density at radius 3 is 2.50 bits per heavy atom. The molecule has 2 saturated heterocycles. The lowest BCUT2D eigenvalue weighted by atomic mass is 10.0. The number of nitro groups is 1. The highest BCUT2D eigenvalue weighted by molar-refractivity contribution is 5.85. The lowest BCUT2D eigenvalue weighted by Crippen LogP contribution is -2.45. The van der Waals surface area contributed by atoms with Crippen molar-refractivity contribution in [1.82, 2.24) is 15.0 Å². The van der Waals surface area contributed by atoms with Crippen LogP contribution >= 0.6 is 0 Å². The molecule has 0 radical (unpaired) electrons. The third-order valence-electron chi connectivity index (χ3n) is 6.79. The maximum Gasteiger partial charge on any atom is 0.353 e. The lowest BCUT2D eigenvalue weighted by Gasteiger charge is -2.38. The van der Waals surface area contributed by atoms with Crippen molar-refractivity contribution in [2.45, 2.75) is 31.6 Å². The zero-order valence-electron chi connectivity index (χ0n) is 17.6. The molecule has 1 aromatic carbocycles. The first kappa shape index (κ1) is 19.4. The fraction of sp³-hybridized carbons (Fsp3) is 0.455. The molecule has 3 aliphatic heterocycles. The van der Waals surface area contributed by atoms with Crippen LogP contribution in [0.2, 0.25) is 0 Å². The van der Waals surface area contributed by atoms with Crippen LogP contribution in [-0.4, -0.2) is 58.5 Å². The molecule has 1 spiro atoms. The quantitative estimate of drug-likeness (QED) is 0.493. The predicted octanol–water partition coefficient (Wildman–Crippen LogP) is 2.77. The summed E-state index contributed by atoms with van der Waals surface area (Å²) in [6.45, 7) is 3.58. The van der Waals surface area contributed by atoms with E-state index in [0.717, 1.165) is 17.6 Å². The minimum atomic E-state index is -0.542. The van der Waals surface area contributed by atoms with Gasteiger partial charge in [-0.2, -0.15) is 0 Å². The van der Waals surface area contributed by atoms with Crippen LogP contribution in [-0.2, 0) is 22.4 Å². The van der Waals surface area contributed by atoms with Gasteiger partial charge in [-0.3, -0.25) is 10.1 Å². The van der Waals surface area contributed by atoms with Gasteiger partial charge in [0.15, 0.2) is 5.79 Å². The van der Waals surface area contributed by atoms with E-state index >= 15 is 0 Å². The number of nitrogens with zero attached hydrogens (tertiary/aromatic N) is 5. The summed E-state index contributed by atoms with van der Waals surface area (Å²) in [4.78, 5) is 27.9. The van der Waals surface area contributed by atoms with Crippen LogP contribution in [0.3, 0.4) is 0 Å². The Bertz CT molecular complexity index is 1180. The summed E-state index contributed by atoms with van der Waals surface area (Å²) in [5.74, 6) is 0.202. The molecule has 0 saturated carbocycles. The van der Waals surface area contributed by atoms with E-state index in [0.29, 0.717) is 63.9 Å². The van der Waals surface area contributed by atoms with Crippen LogP contribution in [0.5, 0.6) is 0 Å². The number of benzene rings is 1. The molecule has 10 heteroatoms. The standard InChI is InChI=1S/C22H24N6O4/c29-28(30)19-20(26-9-6-22(7-10-26)31-11-12-32-22)23-14-24-21(19)27-8-5-16-15-3-1-2-4-17(15)25-18(16)13-27/h1-4,14,25H,5-13H2. The average molecular weight is 436 g/mol. The Hall–Kier alpha value is -3.24. The van der Waals surface area contributed by atoms with E-state index in [9.17, 15) is 10.1 Å². The fourth-order valence-corrected chi connectivity index (χ4v) is 5.21. The maximum absolute atomic E-state index is 12.2.